The molecule has 1 aromatic carbocycles. The van der Waals surface area contributed by atoms with Crippen LogP contribution in [0.5, 0.6) is 5.75 Å². The van der Waals surface area contributed by atoms with Gasteiger partial charge in [-0.1, -0.05) is 30.3 Å². The van der Waals surface area contributed by atoms with Crippen LogP contribution in [0.3, 0.4) is 0 Å². The number of carbonyl (C=O) groups is 2. The molecular formula is C24H26N6O5. The van der Waals surface area contributed by atoms with E-state index >= 15 is 0 Å². The van der Waals surface area contributed by atoms with Gasteiger partial charge in [0.2, 0.25) is 5.75 Å². The van der Waals surface area contributed by atoms with E-state index in [4.69, 9.17) is 15.2 Å². The average molecular weight is 479 g/mol. The monoisotopic (exact) mass is 478 g/mol. The number of benzene rings is 1. The molecule has 182 valence electrons. The summed E-state index contributed by atoms with van der Waals surface area (Å²) in [5, 5.41) is 0. The van der Waals surface area contributed by atoms with E-state index in [1.165, 1.54) is 4.40 Å². The molecule has 11 nitrogen and oxygen atoms in total. The van der Waals surface area contributed by atoms with Gasteiger partial charge in [0, 0.05) is 39.4 Å². The standard InChI is InChI=1S/C24H26N6O5/c1-27-7-8-29(24(27)33)18-13-17(28-9-11-34-12-10-28)14-30-22(18)26-19(21(25)31)20(23(30)32)35-15-16-5-3-2-4-6-16/h2-6,13-14H,7-12,15H2,1H3,(H2,25,31). The Morgan fingerprint density at radius 2 is 1.86 bits per heavy atom. The number of carbonyl (C=O) groups excluding carboxylic acids is 2. The number of fused-ring (bicyclic) bond motifs is 1. The molecule has 4 heterocycles. The summed E-state index contributed by atoms with van der Waals surface area (Å²) < 4.78 is 12.6. The molecule has 0 spiro atoms. The van der Waals surface area contributed by atoms with Crippen molar-refractivity contribution in [2.45, 2.75) is 6.61 Å². The first kappa shape index (κ1) is 22.7. The Hall–Kier alpha value is -4.12. The van der Waals surface area contributed by atoms with Crippen LogP contribution in [0, 0.1) is 0 Å². The summed E-state index contributed by atoms with van der Waals surface area (Å²) in [6.07, 6.45) is 1.66. The van der Waals surface area contributed by atoms with Gasteiger partial charge in [-0.2, -0.15) is 0 Å². The molecule has 2 fully saturated rings. The number of nitrogens with zero attached hydrogens (tertiary/aromatic N) is 5. The normalized spacial score (nSPS) is 16.3. The molecule has 2 aliphatic heterocycles. The molecule has 0 aliphatic carbocycles. The van der Waals surface area contributed by atoms with Crippen molar-refractivity contribution in [2.75, 3.05) is 56.2 Å². The minimum absolute atomic E-state index is 0.0650. The second-order valence-corrected chi connectivity index (χ2v) is 8.47. The summed E-state index contributed by atoms with van der Waals surface area (Å²) in [7, 11) is 1.71. The number of pyridine rings is 1. The third-order valence-corrected chi connectivity index (χ3v) is 6.19. The maximum atomic E-state index is 13.7. The van der Waals surface area contributed by atoms with E-state index in [1.54, 1.807) is 23.0 Å². The number of rotatable bonds is 6. The van der Waals surface area contributed by atoms with Crippen molar-refractivity contribution in [2.24, 2.45) is 5.73 Å². The van der Waals surface area contributed by atoms with Crippen LogP contribution in [0.15, 0.2) is 47.4 Å². The minimum Gasteiger partial charge on any atom is -0.481 e. The lowest BCUT2D eigenvalue weighted by Crippen LogP contribution is -2.37. The summed E-state index contributed by atoms with van der Waals surface area (Å²) >= 11 is 0. The number of morpholine rings is 1. The van der Waals surface area contributed by atoms with Gasteiger partial charge in [0.1, 0.15) is 6.61 Å². The number of aromatic nitrogens is 2. The summed E-state index contributed by atoms with van der Waals surface area (Å²) in [6, 6.07) is 10.9. The Kier molecular flexibility index (Phi) is 6.00. The van der Waals surface area contributed by atoms with Crippen LogP contribution < -0.4 is 25.8 Å². The van der Waals surface area contributed by atoms with Crippen molar-refractivity contribution in [3.8, 4) is 5.75 Å². The molecule has 3 amide bonds. The fraction of sp³-hybridized carbons (Fsp3) is 0.333. The summed E-state index contributed by atoms with van der Waals surface area (Å²) in [5.41, 5.74) is 6.91. The molecule has 11 heteroatoms. The Morgan fingerprint density at radius 3 is 2.51 bits per heavy atom. The molecule has 0 saturated carbocycles. The second kappa shape index (κ2) is 9.26. The van der Waals surface area contributed by atoms with E-state index in [0.29, 0.717) is 45.1 Å². The third kappa shape index (κ3) is 4.26. The van der Waals surface area contributed by atoms with Gasteiger partial charge in [0.15, 0.2) is 11.3 Å². The molecule has 35 heavy (non-hydrogen) atoms. The quantitative estimate of drug-likeness (QED) is 0.562. The van der Waals surface area contributed by atoms with Gasteiger partial charge in [-0.15, -0.1) is 0 Å². The van der Waals surface area contributed by atoms with Crippen LogP contribution in [-0.2, 0) is 11.3 Å². The molecule has 2 saturated heterocycles. The highest BCUT2D eigenvalue weighted by Gasteiger charge is 2.31. The van der Waals surface area contributed by atoms with Crippen LogP contribution in [0.1, 0.15) is 16.1 Å². The van der Waals surface area contributed by atoms with Crippen LogP contribution in [0.25, 0.3) is 5.65 Å². The highest BCUT2D eigenvalue weighted by Crippen LogP contribution is 2.30. The van der Waals surface area contributed by atoms with E-state index in [-0.39, 0.29) is 29.7 Å². The Morgan fingerprint density at radius 1 is 1.11 bits per heavy atom. The molecule has 5 rings (SSSR count). The first-order chi connectivity index (χ1) is 16.9. The van der Waals surface area contributed by atoms with Gasteiger partial charge in [-0.05, 0) is 11.6 Å². The average Bonchev–Trinajstić information content (AvgIpc) is 3.21. The lowest BCUT2D eigenvalue weighted by Gasteiger charge is -2.30. The summed E-state index contributed by atoms with van der Waals surface area (Å²) in [4.78, 5) is 48.5. The van der Waals surface area contributed by atoms with Crippen LogP contribution >= 0.6 is 0 Å². The summed E-state index contributed by atoms with van der Waals surface area (Å²) in [5.74, 6) is -1.12. The molecule has 0 atom stereocenters. The first-order valence-corrected chi connectivity index (χ1v) is 11.4. The number of hydrogen-bond acceptors (Lipinski definition) is 7. The van der Waals surface area contributed by atoms with Crippen molar-refractivity contribution in [3.63, 3.8) is 0 Å². The molecule has 2 N–H and O–H groups in total. The zero-order chi connectivity index (χ0) is 24.5. The van der Waals surface area contributed by atoms with Crippen molar-refractivity contribution in [3.05, 3.63) is 64.2 Å². The smallest absolute Gasteiger partial charge is 0.324 e. The van der Waals surface area contributed by atoms with Crippen LogP contribution in [-0.4, -0.2) is 72.7 Å². The Labute approximate surface area is 201 Å². The molecule has 0 radical (unpaired) electrons. The van der Waals surface area contributed by atoms with Gasteiger partial charge < -0.3 is 25.0 Å². The Bertz CT molecular complexity index is 1340. The van der Waals surface area contributed by atoms with E-state index in [9.17, 15) is 14.4 Å². The maximum Gasteiger partial charge on any atom is 0.324 e. The zero-order valence-electron chi connectivity index (χ0n) is 19.3. The van der Waals surface area contributed by atoms with Crippen LogP contribution in [0.2, 0.25) is 0 Å². The fourth-order valence-electron chi connectivity index (χ4n) is 4.28. The number of primary amides is 1. The molecule has 2 aliphatic rings. The van der Waals surface area contributed by atoms with E-state index in [1.807, 2.05) is 36.4 Å². The number of ether oxygens (including phenoxy) is 2. The van der Waals surface area contributed by atoms with E-state index < -0.39 is 11.5 Å². The van der Waals surface area contributed by atoms with Gasteiger partial charge in [0.25, 0.3) is 5.91 Å². The van der Waals surface area contributed by atoms with Crippen LogP contribution in [0.4, 0.5) is 16.2 Å². The molecule has 0 bridgehead atoms. The fourth-order valence-corrected chi connectivity index (χ4v) is 4.28. The number of anilines is 2. The molecule has 2 aromatic heterocycles. The summed E-state index contributed by atoms with van der Waals surface area (Å²) in [6.45, 7) is 3.39. The predicted octanol–water partition coefficient (Wildman–Crippen LogP) is 1.08. The van der Waals surface area contributed by atoms with Crippen molar-refractivity contribution >= 4 is 29.0 Å². The highest BCUT2D eigenvalue weighted by atomic mass is 16.5. The van der Waals surface area contributed by atoms with Gasteiger partial charge in [-0.25, -0.2) is 9.78 Å². The number of nitrogens with two attached hydrogens (primary N) is 1. The number of hydrogen-bond donors (Lipinski definition) is 1. The SMILES string of the molecule is CN1CCN(c2cc(N3CCOCC3)cn3c(=O)c(OCc4ccccc4)c(C(N)=O)nc23)C1=O. The van der Waals surface area contributed by atoms with Crippen molar-refractivity contribution in [1.29, 1.82) is 0 Å². The van der Waals surface area contributed by atoms with E-state index in [0.717, 1.165) is 11.3 Å². The van der Waals surface area contributed by atoms with Gasteiger partial charge in [-0.3, -0.25) is 18.9 Å². The topological polar surface area (TPSA) is 123 Å². The molecular weight excluding hydrogens is 452 g/mol. The zero-order valence-corrected chi connectivity index (χ0v) is 19.3. The lowest BCUT2D eigenvalue weighted by molar-refractivity contribution is 0.0990. The number of likely N-dealkylation sites (N-methyl/N-ethyl adjacent to an activating group) is 1. The Balaban J connectivity index is 1.68. The predicted molar refractivity (Wildman–Crippen MR) is 129 cm³/mol. The lowest BCUT2D eigenvalue weighted by atomic mass is 10.2. The minimum atomic E-state index is -0.888. The second-order valence-electron chi connectivity index (χ2n) is 8.47. The van der Waals surface area contributed by atoms with Crippen molar-refractivity contribution < 1.29 is 19.1 Å². The maximum absolute atomic E-state index is 13.7. The third-order valence-electron chi connectivity index (χ3n) is 6.19. The number of amides is 3. The van der Waals surface area contributed by atoms with Gasteiger partial charge >= 0.3 is 11.6 Å². The number of urea groups is 1. The van der Waals surface area contributed by atoms with E-state index in [2.05, 4.69) is 9.88 Å². The molecule has 3 aromatic rings. The molecule has 0 unspecified atom stereocenters. The first-order valence-electron chi connectivity index (χ1n) is 11.4. The van der Waals surface area contributed by atoms with Crippen molar-refractivity contribution in [1.82, 2.24) is 14.3 Å². The largest absolute Gasteiger partial charge is 0.481 e. The van der Waals surface area contributed by atoms with Gasteiger partial charge in [0.05, 0.1) is 24.6 Å². The highest BCUT2D eigenvalue weighted by molar-refractivity contribution is 5.99.